The molecule has 1 atom stereocenters. The van der Waals surface area contributed by atoms with E-state index in [0.29, 0.717) is 17.2 Å². The van der Waals surface area contributed by atoms with Crippen molar-refractivity contribution in [1.82, 2.24) is 4.98 Å². The number of ether oxygens (including phenoxy) is 1. The summed E-state index contributed by atoms with van der Waals surface area (Å²) in [6.45, 7) is 1.65. The molecule has 5 heteroatoms. The molecule has 2 rings (SSSR count). The van der Waals surface area contributed by atoms with Gasteiger partial charge in [0.2, 0.25) is 5.88 Å². The summed E-state index contributed by atoms with van der Waals surface area (Å²) in [5.74, 6) is 0.0691. The first-order valence-corrected chi connectivity index (χ1v) is 5.78. The standard InChI is InChI=1S/C14H14N2O3/c1-9(17)10-6-7-16-13(8-10)19-12-5-3-2-4-11(12)14(15)18/h2-9,17H,1H3,(H2,15,18)/t9-/m0/s1. The molecule has 2 aromatic rings. The fourth-order valence-corrected chi connectivity index (χ4v) is 1.61. The number of amides is 1. The number of aliphatic hydroxyl groups excluding tert-OH is 1. The number of aromatic nitrogens is 1. The van der Waals surface area contributed by atoms with Crippen LogP contribution >= 0.6 is 0 Å². The van der Waals surface area contributed by atoms with Crippen LogP contribution in [0, 0.1) is 0 Å². The third-order valence-electron chi connectivity index (χ3n) is 2.61. The number of para-hydroxylation sites is 1. The van der Waals surface area contributed by atoms with E-state index in [2.05, 4.69) is 4.98 Å². The van der Waals surface area contributed by atoms with E-state index in [1.54, 1.807) is 43.3 Å². The molecular formula is C14H14N2O3. The molecule has 98 valence electrons. The van der Waals surface area contributed by atoms with Crippen molar-refractivity contribution in [3.8, 4) is 11.6 Å². The van der Waals surface area contributed by atoms with E-state index in [4.69, 9.17) is 10.5 Å². The van der Waals surface area contributed by atoms with Crippen LogP contribution in [0.25, 0.3) is 0 Å². The first-order chi connectivity index (χ1) is 9.08. The Kier molecular flexibility index (Phi) is 3.77. The van der Waals surface area contributed by atoms with Gasteiger partial charge in [0.25, 0.3) is 5.91 Å². The minimum Gasteiger partial charge on any atom is -0.438 e. The van der Waals surface area contributed by atoms with E-state index in [0.717, 1.165) is 0 Å². The third kappa shape index (κ3) is 3.08. The molecule has 1 aromatic carbocycles. The van der Waals surface area contributed by atoms with Crippen molar-refractivity contribution in [1.29, 1.82) is 0 Å². The molecule has 1 heterocycles. The topological polar surface area (TPSA) is 85.4 Å². The Hall–Kier alpha value is -2.40. The van der Waals surface area contributed by atoms with E-state index in [1.807, 2.05) is 0 Å². The lowest BCUT2D eigenvalue weighted by atomic mass is 10.2. The van der Waals surface area contributed by atoms with Gasteiger partial charge in [-0.15, -0.1) is 0 Å². The summed E-state index contributed by atoms with van der Waals surface area (Å²) in [6.07, 6.45) is 0.918. The van der Waals surface area contributed by atoms with Crippen molar-refractivity contribution in [3.63, 3.8) is 0 Å². The third-order valence-corrected chi connectivity index (χ3v) is 2.61. The number of nitrogens with zero attached hydrogens (tertiary/aromatic N) is 1. The minimum absolute atomic E-state index is 0.284. The molecule has 0 fully saturated rings. The molecule has 5 nitrogen and oxygen atoms in total. The average molecular weight is 258 g/mol. The van der Waals surface area contributed by atoms with Crippen LogP contribution in [0.2, 0.25) is 0 Å². The lowest BCUT2D eigenvalue weighted by molar-refractivity contribution is 0.0998. The summed E-state index contributed by atoms with van der Waals surface area (Å²) in [5, 5.41) is 9.50. The van der Waals surface area contributed by atoms with E-state index >= 15 is 0 Å². The first kappa shape index (κ1) is 13.0. The van der Waals surface area contributed by atoms with Crippen LogP contribution in [0.15, 0.2) is 42.6 Å². The van der Waals surface area contributed by atoms with Gasteiger partial charge in [-0.3, -0.25) is 4.79 Å². The number of rotatable bonds is 4. The summed E-state index contributed by atoms with van der Waals surface area (Å²) in [7, 11) is 0. The number of aliphatic hydroxyl groups is 1. The SMILES string of the molecule is C[C@H](O)c1ccnc(Oc2ccccc2C(N)=O)c1. The second-order valence-corrected chi connectivity index (χ2v) is 4.07. The summed E-state index contributed by atoms with van der Waals surface area (Å²) in [6, 6.07) is 9.96. The van der Waals surface area contributed by atoms with Crippen LogP contribution < -0.4 is 10.5 Å². The highest BCUT2D eigenvalue weighted by molar-refractivity contribution is 5.95. The zero-order chi connectivity index (χ0) is 13.8. The van der Waals surface area contributed by atoms with Crippen molar-refractivity contribution >= 4 is 5.91 Å². The summed E-state index contributed by atoms with van der Waals surface area (Å²) < 4.78 is 5.54. The van der Waals surface area contributed by atoms with Crippen LogP contribution in [0.5, 0.6) is 11.6 Å². The molecule has 0 saturated heterocycles. The van der Waals surface area contributed by atoms with Crippen molar-refractivity contribution in [2.45, 2.75) is 13.0 Å². The molecule has 0 aliphatic heterocycles. The number of benzene rings is 1. The van der Waals surface area contributed by atoms with Crippen molar-refractivity contribution < 1.29 is 14.6 Å². The quantitative estimate of drug-likeness (QED) is 0.878. The van der Waals surface area contributed by atoms with Gasteiger partial charge in [0.1, 0.15) is 5.75 Å². The first-order valence-electron chi connectivity index (χ1n) is 5.78. The number of pyridine rings is 1. The second kappa shape index (κ2) is 5.49. The summed E-state index contributed by atoms with van der Waals surface area (Å²) in [4.78, 5) is 15.3. The van der Waals surface area contributed by atoms with Crippen LogP contribution in [0.4, 0.5) is 0 Å². The number of hydrogen-bond donors (Lipinski definition) is 2. The molecule has 0 bridgehead atoms. The Morgan fingerprint density at radius 2 is 2.11 bits per heavy atom. The lowest BCUT2D eigenvalue weighted by Gasteiger charge is -2.10. The smallest absolute Gasteiger partial charge is 0.252 e. The van der Waals surface area contributed by atoms with Crippen molar-refractivity contribution in [2.24, 2.45) is 5.73 Å². The summed E-state index contributed by atoms with van der Waals surface area (Å²) >= 11 is 0. The number of hydrogen-bond acceptors (Lipinski definition) is 4. The monoisotopic (exact) mass is 258 g/mol. The van der Waals surface area contributed by atoms with E-state index in [9.17, 15) is 9.90 Å². The average Bonchev–Trinajstić information content (AvgIpc) is 2.39. The molecule has 1 aromatic heterocycles. The van der Waals surface area contributed by atoms with Crippen LogP contribution in [-0.2, 0) is 0 Å². The Balaban J connectivity index is 2.31. The highest BCUT2D eigenvalue weighted by atomic mass is 16.5. The number of carbonyl (C=O) groups excluding carboxylic acids is 1. The van der Waals surface area contributed by atoms with E-state index in [-0.39, 0.29) is 5.56 Å². The molecule has 0 radical (unpaired) electrons. The van der Waals surface area contributed by atoms with Crippen LogP contribution in [-0.4, -0.2) is 16.0 Å². The summed E-state index contributed by atoms with van der Waals surface area (Å²) in [5.41, 5.74) is 6.23. The molecule has 0 spiro atoms. The normalized spacial score (nSPS) is 11.9. The Morgan fingerprint density at radius 1 is 1.37 bits per heavy atom. The zero-order valence-electron chi connectivity index (χ0n) is 10.4. The van der Waals surface area contributed by atoms with Gasteiger partial charge in [0.05, 0.1) is 11.7 Å². The van der Waals surface area contributed by atoms with Gasteiger partial charge in [-0.1, -0.05) is 12.1 Å². The Labute approximate surface area is 110 Å². The van der Waals surface area contributed by atoms with E-state index < -0.39 is 12.0 Å². The maximum absolute atomic E-state index is 11.3. The molecule has 1 amide bonds. The molecule has 0 unspecified atom stereocenters. The Bertz CT molecular complexity index is 597. The molecule has 0 aliphatic rings. The van der Waals surface area contributed by atoms with Gasteiger partial charge in [0, 0.05) is 12.3 Å². The number of nitrogens with two attached hydrogens (primary N) is 1. The molecule has 19 heavy (non-hydrogen) atoms. The lowest BCUT2D eigenvalue weighted by Crippen LogP contribution is -2.12. The molecule has 3 N–H and O–H groups in total. The second-order valence-electron chi connectivity index (χ2n) is 4.07. The maximum Gasteiger partial charge on any atom is 0.252 e. The van der Waals surface area contributed by atoms with Gasteiger partial charge in [-0.05, 0) is 30.7 Å². The van der Waals surface area contributed by atoms with Crippen LogP contribution in [0.3, 0.4) is 0 Å². The highest BCUT2D eigenvalue weighted by Gasteiger charge is 2.10. The minimum atomic E-state index is -0.614. The van der Waals surface area contributed by atoms with Gasteiger partial charge < -0.3 is 15.6 Å². The number of carbonyl (C=O) groups is 1. The van der Waals surface area contributed by atoms with Crippen molar-refractivity contribution in [2.75, 3.05) is 0 Å². The van der Waals surface area contributed by atoms with Crippen LogP contribution in [0.1, 0.15) is 28.9 Å². The van der Waals surface area contributed by atoms with E-state index in [1.165, 1.54) is 6.20 Å². The fourth-order valence-electron chi connectivity index (χ4n) is 1.61. The van der Waals surface area contributed by atoms with Gasteiger partial charge >= 0.3 is 0 Å². The highest BCUT2D eigenvalue weighted by Crippen LogP contribution is 2.25. The largest absolute Gasteiger partial charge is 0.438 e. The van der Waals surface area contributed by atoms with Crippen molar-refractivity contribution in [3.05, 3.63) is 53.7 Å². The van der Waals surface area contributed by atoms with Gasteiger partial charge in [0.15, 0.2) is 0 Å². The fraction of sp³-hybridized carbons (Fsp3) is 0.143. The zero-order valence-corrected chi connectivity index (χ0v) is 10.4. The molecule has 0 saturated carbocycles. The molecular weight excluding hydrogens is 244 g/mol. The maximum atomic E-state index is 11.3. The van der Waals surface area contributed by atoms with Gasteiger partial charge in [-0.2, -0.15) is 0 Å². The predicted molar refractivity (Wildman–Crippen MR) is 69.9 cm³/mol. The Morgan fingerprint density at radius 3 is 2.79 bits per heavy atom. The number of primary amides is 1. The predicted octanol–water partition coefficient (Wildman–Crippen LogP) is 2.03. The van der Waals surface area contributed by atoms with Gasteiger partial charge in [-0.25, -0.2) is 4.98 Å². The molecule has 0 aliphatic carbocycles.